The molecular formula is C45H66F3N5O8S. The Morgan fingerprint density at radius 3 is 1.84 bits per heavy atom. The minimum atomic E-state index is -4.85. The number of rotatable bonds is 9. The zero-order valence-corrected chi connectivity index (χ0v) is 39.6. The van der Waals surface area contributed by atoms with E-state index in [1.54, 1.807) is 89.2 Å². The van der Waals surface area contributed by atoms with Crippen LogP contribution in [0.25, 0.3) is 0 Å². The molecule has 1 N–H and O–H groups in total. The fourth-order valence-electron chi connectivity index (χ4n) is 7.12. The van der Waals surface area contributed by atoms with Crippen LogP contribution in [0.3, 0.4) is 0 Å². The van der Waals surface area contributed by atoms with Gasteiger partial charge in [0.05, 0.1) is 22.6 Å². The Labute approximate surface area is 369 Å². The maximum absolute atomic E-state index is 14.9. The summed E-state index contributed by atoms with van der Waals surface area (Å²) < 4.78 is 67.5. The van der Waals surface area contributed by atoms with E-state index >= 15 is 0 Å². The number of fused-ring (bicyclic) bond motifs is 2. The smallest absolute Gasteiger partial charge is 0.419 e. The number of nitrogens with one attached hydrogen (secondary N) is 1. The lowest BCUT2D eigenvalue weighted by molar-refractivity contribution is -0.137. The molecule has 0 saturated carbocycles. The van der Waals surface area contributed by atoms with Crippen LogP contribution in [0.15, 0.2) is 40.1 Å². The predicted octanol–water partition coefficient (Wildman–Crippen LogP) is 11.6. The topological polar surface area (TPSA) is 130 Å². The van der Waals surface area contributed by atoms with Crippen LogP contribution < -0.4 is 20.0 Å². The van der Waals surface area contributed by atoms with E-state index in [2.05, 4.69) is 24.1 Å². The summed E-state index contributed by atoms with van der Waals surface area (Å²) in [6, 6.07) is 7.37. The van der Waals surface area contributed by atoms with Gasteiger partial charge in [0.1, 0.15) is 22.4 Å². The fourth-order valence-corrected chi connectivity index (χ4v) is 8.27. The molecule has 62 heavy (non-hydrogen) atoms. The van der Waals surface area contributed by atoms with Gasteiger partial charge >= 0.3 is 30.5 Å². The summed E-state index contributed by atoms with van der Waals surface area (Å²) in [4.78, 5) is 61.1. The highest BCUT2D eigenvalue weighted by Gasteiger charge is 2.41. The SMILES string of the molecule is CC1CC(C)CN(c2ccc3c(c2)Sc2cc(C(F)(F)F)cc(N(CCCN(CCNC(=O)OC(C)(C)C)C(=O)OC(C)(C)C)C(=O)OC(C)(C)C)c2N3C(=O)OC(C)(C)C)C1. The largest absolute Gasteiger partial charge is 0.444 e. The van der Waals surface area contributed by atoms with Crippen molar-refractivity contribution in [1.82, 2.24) is 10.2 Å². The second kappa shape index (κ2) is 19.1. The number of carbonyl (C=O) groups excluding carboxylic acids is 4. The molecule has 2 aliphatic heterocycles. The lowest BCUT2D eigenvalue weighted by Crippen LogP contribution is -2.44. The van der Waals surface area contributed by atoms with Gasteiger partial charge in [-0.1, -0.05) is 25.6 Å². The van der Waals surface area contributed by atoms with Crippen LogP contribution in [0.2, 0.25) is 0 Å². The van der Waals surface area contributed by atoms with Crippen molar-refractivity contribution in [3.8, 4) is 0 Å². The monoisotopic (exact) mass is 893 g/mol. The van der Waals surface area contributed by atoms with E-state index in [0.717, 1.165) is 54.0 Å². The van der Waals surface area contributed by atoms with Gasteiger partial charge in [-0.2, -0.15) is 13.2 Å². The molecule has 0 aliphatic carbocycles. The number of hydrogen-bond acceptors (Lipinski definition) is 10. The first kappa shape index (κ1) is 50.1. The molecule has 1 saturated heterocycles. The van der Waals surface area contributed by atoms with Crippen molar-refractivity contribution < 1.29 is 51.3 Å². The van der Waals surface area contributed by atoms with Crippen LogP contribution in [0.1, 0.15) is 115 Å². The summed E-state index contributed by atoms with van der Waals surface area (Å²) >= 11 is 1.07. The van der Waals surface area contributed by atoms with Crippen LogP contribution in [0.4, 0.5) is 55.1 Å². The molecule has 2 aromatic carbocycles. The first-order chi connectivity index (χ1) is 28.3. The highest BCUT2D eigenvalue weighted by molar-refractivity contribution is 7.99. The first-order valence-corrected chi connectivity index (χ1v) is 21.9. The third kappa shape index (κ3) is 14.5. The van der Waals surface area contributed by atoms with Crippen LogP contribution in [0, 0.1) is 11.8 Å². The molecule has 346 valence electrons. The van der Waals surface area contributed by atoms with Gasteiger partial charge in [0.25, 0.3) is 0 Å². The lowest BCUT2D eigenvalue weighted by Gasteiger charge is -2.39. The van der Waals surface area contributed by atoms with Gasteiger partial charge in [-0.25, -0.2) is 24.1 Å². The third-order valence-corrected chi connectivity index (χ3v) is 10.3. The molecule has 0 bridgehead atoms. The number of amides is 4. The van der Waals surface area contributed by atoms with Gasteiger partial charge in [0.2, 0.25) is 0 Å². The van der Waals surface area contributed by atoms with E-state index < -0.39 is 58.5 Å². The minimum absolute atomic E-state index is 0.00846. The van der Waals surface area contributed by atoms with E-state index in [4.69, 9.17) is 18.9 Å². The van der Waals surface area contributed by atoms with Crippen LogP contribution in [0.5, 0.6) is 0 Å². The van der Waals surface area contributed by atoms with E-state index in [-0.39, 0.29) is 48.9 Å². The van der Waals surface area contributed by atoms with Gasteiger partial charge in [0, 0.05) is 54.7 Å². The quantitative estimate of drug-likeness (QED) is 0.243. The van der Waals surface area contributed by atoms with Crippen molar-refractivity contribution in [2.45, 2.75) is 148 Å². The third-order valence-electron chi connectivity index (χ3n) is 9.24. The summed E-state index contributed by atoms with van der Waals surface area (Å²) in [5.41, 5.74) is -3.73. The molecule has 4 rings (SSSR count). The molecule has 2 unspecified atom stereocenters. The number of piperidine rings is 1. The van der Waals surface area contributed by atoms with Gasteiger partial charge in [-0.15, -0.1) is 0 Å². The number of alkyl carbamates (subject to hydrolysis) is 1. The summed E-state index contributed by atoms with van der Waals surface area (Å²) in [5.74, 6) is 0.865. The van der Waals surface area contributed by atoms with Gasteiger partial charge in [-0.3, -0.25) is 4.90 Å². The Morgan fingerprint density at radius 2 is 1.29 bits per heavy atom. The van der Waals surface area contributed by atoms with Crippen molar-refractivity contribution >= 4 is 58.9 Å². The average molecular weight is 894 g/mol. The summed E-state index contributed by atoms with van der Waals surface area (Å²) in [7, 11) is 0. The molecule has 2 aromatic rings. The number of nitrogens with zero attached hydrogens (tertiary/aromatic N) is 4. The van der Waals surface area contributed by atoms with E-state index in [9.17, 15) is 32.3 Å². The maximum Gasteiger partial charge on any atom is 0.419 e. The number of benzene rings is 2. The number of hydrogen-bond donors (Lipinski definition) is 1. The summed E-state index contributed by atoms with van der Waals surface area (Å²) in [6.45, 7) is 25.9. The Hall–Kier alpha value is -4.54. The molecule has 1 fully saturated rings. The average Bonchev–Trinajstić information content (AvgIpc) is 3.07. The molecule has 0 spiro atoms. The number of anilines is 4. The maximum atomic E-state index is 14.9. The van der Waals surface area contributed by atoms with Crippen LogP contribution in [-0.4, -0.2) is 90.9 Å². The Morgan fingerprint density at radius 1 is 0.726 bits per heavy atom. The van der Waals surface area contributed by atoms with Crippen molar-refractivity contribution in [2.75, 3.05) is 54.0 Å². The number of carbonyl (C=O) groups is 4. The molecule has 13 nitrogen and oxygen atoms in total. The van der Waals surface area contributed by atoms with Gasteiger partial charge in [0.15, 0.2) is 0 Å². The highest BCUT2D eigenvalue weighted by Crippen LogP contribution is 2.55. The first-order valence-electron chi connectivity index (χ1n) is 21.1. The summed E-state index contributed by atoms with van der Waals surface area (Å²) in [6.07, 6.45) is -6.98. The zero-order chi connectivity index (χ0) is 46.7. The Bertz CT molecular complexity index is 1940. The van der Waals surface area contributed by atoms with Crippen molar-refractivity contribution in [3.63, 3.8) is 0 Å². The van der Waals surface area contributed by atoms with Crippen molar-refractivity contribution in [2.24, 2.45) is 11.8 Å². The highest BCUT2D eigenvalue weighted by atomic mass is 32.2. The van der Waals surface area contributed by atoms with Crippen LogP contribution in [-0.2, 0) is 25.1 Å². The zero-order valence-electron chi connectivity index (χ0n) is 38.8. The molecule has 2 heterocycles. The second-order valence-electron chi connectivity index (χ2n) is 20.1. The molecule has 2 atom stereocenters. The van der Waals surface area contributed by atoms with E-state index in [1.165, 1.54) is 9.80 Å². The molecule has 2 aliphatic rings. The van der Waals surface area contributed by atoms with Gasteiger partial charge in [-0.05, 0) is 138 Å². The predicted molar refractivity (Wildman–Crippen MR) is 236 cm³/mol. The fraction of sp³-hybridized carbons (Fsp3) is 0.644. The molecule has 0 radical (unpaired) electrons. The lowest BCUT2D eigenvalue weighted by atomic mass is 9.91. The second-order valence-corrected chi connectivity index (χ2v) is 21.2. The molecule has 17 heteroatoms. The van der Waals surface area contributed by atoms with Crippen molar-refractivity contribution in [1.29, 1.82) is 0 Å². The van der Waals surface area contributed by atoms with E-state index in [1.807, 2.05) is 12.1 Å². The number of ether oxygens (including phenoxy) is 4. The van der Waals surface area contributed by atoms with Gasteiger partial charge < -0.3 is 34.1 Å². The Kier molecular flexibility index (Phi) is 15.4. The number of alkyl halides is 3. The van der Waals surface area contributed by atoms with Crippen molar-refractivity contribution in [3.05, 3.63) is 35.9 Å². The standard InChI is InChI=1S/C45H66F3N5O8S/c1-28-22-29(2)27-51(26-28)31-16-17-32-34(25-31)62-35-24-30(45(46,47)48)23-33(36(35)53(32)40(57)61-44(12,13)14)52(39(56)60-43(9,10)11)20-15-19-50(38(55)59-42(6,7)8)21-18-49-37(54)58-41(3,4)5/h16-17,23-25,28-29H,15,18-22,26-27H2,1-14H3,(H,49,54). The van der Waals surface area contributed by atoms with E-state index in [0.29, 0.717) is 22.4 Å². The number of halogens is 3. The molecule has 0 aromatic heterocycles. The normalized spacial score (nSPS) is 17.0. The Balaban J connectivity index is 1.83. The molecular weight excluding hydrogens is 828 g/mol. The molecule has 4 amide bonds. The minimum Gasteiger partial charge on any atom is -0.444 e. The van der Waals surface area contributed by atoms with Crippen LogP contribution >= 0.6 is 11.8 Å². The summed E-state index contributed by atoms with van der Waals surface area (Å²) in [5, 5.41) is 2.62.